The van der Waals surface area contributed by atoms with Crippen molar-refractivity contribution in [1.29, 1.82) is 0 Å². The molecule has 0 saturated heterocycles. The van der Waals surface area contributed by atoms with E-state index in [-0.39, 0.29) is 17.0 Å². The first-order chi connectivity index (χ1) is 14.4. The number of nitrogens with zero attached hydrogens (tertiary/aromatic N) is 4. The lowest BCUT2D eigenvalue weighted by molar-refractivity contribution is -0.137. The molecule has 0 N–H and O–H groups in total. The van der Waals surface area contributed by atoms with Gasteiger partial charge in [0, 0.05) is 18.0 Å². The second-order valence-corrected chi connectivity index (χ2v) is 8.22. The number of benzene rings is 1. The quantitative estimate of drug-likeness (QED) is 0.537. The van der Waals surface area contributed by atoms with Crippen molar-refractivity contribution in [1.82, 2.24) is 19.5 Å². The lowest BCUT2D eigenvalue weighted by Crippen LogP contribution is -2.16. The number of hydrogen-bond acceptors (Lipinski definition) is 4. The summed E-state index contributed by atoms with van der Waals surface area (Å²) in [5.41, 5.74) is 0.516. The van der Waals surface area contributed by atoms with Crippen LogP contribution in [0.5, 0.6) is 5.75 Å². The number of methoxy groups -OCH3 is 1. The van der Waals surface area contributed by atoms with Gasteiger partial charge in [0.15, 0.2) is 5.65 Å². The Hall–Kier alpha value is -2.64. The molecule has 2 aromatic heterocycles. The molecule has 2 aliphatic rings. The van der Waals surface area contributed by atoms with Crippen LogP contribution in [-0.4, -0.2) is 26.6 Å². The average molecular weight is 416 g/mol. The minimum Gasteiger partial charge on any atom is -0.497 e. The standard InChI is InChI=1S/C22H23F3N4O/c1-3-17-28-19-18(15-9-8-14(30-2)10-16(15)22(23,24)25)26-11-27-21(19)29(17)20(12-4-5-12)13-6-7-13/h8-13,20H,3-7H2,1-2H3. The monoisotopic (exact) mass is 416 g/mol. The van der Waals surface area contributed by atoms with Gasteiger partial charge in [-0.15, -0.1) is 0 Å². The van der Waals surface area contributed by atoms with Crippen molar-refractivity contribution in [2.24, 2.45) is 11.8 Å². The highest BCUT2D eigenvalue weighted by molar-refractivity contribution is 5.89. The SMILES string of the molecule is CCc1nc2c(-c3ccc(OC)cc3C(F)(F)F)ncnc2n1C(C1CC1)C1CC1. The summed E-state index contributed by atoms with van der Waals surface area (Å²) in [7, 11) is 1.35. The van der Waals surface area contributed by atoms with E-state index in [9.17, 15) is 13.2 Å². The summed E-state index contributed by atoms with van der Waals surface area (Å²) >= 11 is 0. The molecule has 0 aliphatic heterocycles. The zero-order valence-corrected chi connectivity index (χ0v) is 16.9. The van der Waals surface area contributed by atoms with Crippen molar-refractivity contribution in [3.8, 4) is 17.0 Å². The maximum absolute atomic E-state index is 13.8. The third-order valence-electron chi connectivity index (χ3n) is 6.16. The van der Waals surface area contributed by atoms with Gasteiger partial charge in [-0.2, -0.15) is 13.2 Å². The zero-order valence-electron chi connectivity index (χ0n) is 16.9. The molecule has 158 valence electrons. The van der Waals surface area contributed by atoms with E-state index in [4.69, 9.17) is 9.72 Å². The summed E-state index contributed by atoms with van der Waals surface area (Å²) in [6, 6.07) is 4.28. The Kier molecular flexibility index (Phi) is 4.48. The van der Waals surface area contributed by atoms with E-state index in [1.165, 1.54) is 51.3 Å². The van der Waals surface area contributed by atoms with Crippen molar-refractivity contribution < 1.29 is 17.9 Å². The molecule has 3 aromatic rings. The molecule has 5 rings (SSSR count). The number of hydrogen-bond donors (Lipinski definition) is 0. The number of aromatic nitrogens is 4. The molecule has 2 fully saturated rings. The van der Waals surface area contributed by atoms with Gasteiger partial charge in [-0.1, -0.05) is 6.92 Å². The van der Waals surface area contributed by atoms with Crippen LogP contribution in [0.25, 0.3) is 22.4 Å². The van der Waals surface area contributed by atoms with Gasteiger partial charge < -0.3 is 9.30 Å². The van der Waals surface area contributed by atoms with Gasteiger partial charge in [0.25, 0.3) is 0 Å². The molecule has 1 aromatic carbocycles. The summed E-state index contributed by atoms with van der Waals surface area (Å²) in [5, 5.41) is 0. The molecule has 0 amide bonds. The van der Waals surface area contributed by atoms with Crippen LogP contribution in [-0.2, 0) is 12.6 Å². The van der Waals surface area contributed by atoms with E-state index in [0.29, 0.717) is 35.5 Å². The van der Waals surface area contributed by atoms with Crippen LogP contribution in [0.3, 0.4) is 0 Å². The Morgan fingerprint density at radius 1 is 1.13 bits per heavy atom. The fraction of sp³-hybridized carbons (Fsp3) is 0.500. The van der Waals surface area contributed by atoms with Crippen molar-refractivity contribution in [3.63, 3.8) is 0 Å². The maximum atomic E-state index is 13.8. The summed E-state index contributed by atoms with van der Waals surface area (Å²) in [6.45, 7) is 2.02. The Labute approximate surface area is 172 Å². The second-order valence-electron chi connectivity index (χ2n) is 8.22. The molecule has 0 unspecified atom stereocenters. The van der Waals surface area contributed by atoms with Crippen LogP contribution >= 0.6 is 0 Å². The van der Waals surface area contributed by atoms with Gasteiger partial charge in [-0.05, 0) is 55.7 Å². The fourth-order valence-electron chi connectivity index (χ4n) is 4.49. The summed E-state index contributed by atoms with van der Waals surface area (Å²) < 4.78 is 48.7. The third kappa shape index (κ3) is 3.22. The van der Waals surface area contributed by atoms with Gasteiger partial charge in [0.1, 0.15) is 29.1 Å². The van der Waals surface area contributed by atoms with E-state index in [2.05, 4.69) is 14.5 Å². The van der Waals surface area contributed by atoms with E-state index < -0.39 is 11.7 Å². The number of halogens is 3. The second kappa shape index (κ2) is 6.96. The van der Waals surface area contributed by atoms with E-state index in [0.717, 1.165) is 11.9 Å². The lowest BCUT2D eigenvalue weighted by Gasteiger charge is -2.20. The highest BCUT2D eigenvalue weighted by Crippen LogP contribution is 2.53. The Balaban J connectivity index is 1.73. The number of ether oxygens (including phenoxy) is 1. The number of rotatable bonds is 6. The molecule has 30 heavy (non-hydrogen) atoms. The molecular formula is C22H23F3N4O. The van der Waals surface area contributed by atoms with Crippen molar-refractivity contribution in [2.45, 2.75) is 51.2 Å². The van der Waals surface area contributed by atoms with Crippen LogP contribution in [0.4, 0.5) is 13.2 Å². The normalized spacial score (nSPS) is 17.1. The van der Waals surface area contributed by atoms with Gasteiger partial charge in [0.2, 0.25) is 0 Å². The Bertz CT molecular complexity index is 1090. The van der Waals surface area contributed by atoms with Crippen molar-refractivity contribution in [2.75, 3.05) is 7.11 Å². The Morgan fingerprint density at radius 2 is 1.83 bits per heavy atom. The van der Waals surface area contributed by atoms with Crippen LogP contribution in [0, 0.1) is 11.8 Å². The molecule has 0 radical (unpaired) electrons. The first kappa shape index (κ1) is 19.3. The predicted molar refractivity (Wildman–Crippen MR) is 106 cm³/mol. The molecule has 2 aliphatic carbocycles. The van der Waals surface area contributed by atoms with Crippen molar-refractivity contribution >= 4 is 11.2 Å². The molecule has 2 saturated carbocycles. The number of alkyl halides is 3. The largest absolute Gasteiger partial charge is 0.497 e. The van der Waals surface area contributed by atoms with Gasteiger partial charge >= 0.3 is 6.18 Å². The molecule has 5 nitrogen and oxygen atoms in total. The molecular weight excluding hydrogens is 393 g/mol. The molecule has 0 bridgehead atoms. The molecule has 8 heteroatoms. The summed E-state index contributed by atoms with van der Waals surface area (Å²) in [5.74, 6) is 2.26. The first-order valence-electron chi connectivity index (χ1n) is 10.4. The van der Waals surface area contributed by atoms with Gasteiger partial charge in [0.05, 0.1) is 12.7 Å². The van der Waals surface area contributed by atoms with E-state index in [1.807, 2.05) is 6.92 Å². The predicted octanol–water partition coefficient (Wildman–Crippen LogP) is 5.44. The van der Waals surface area contributed by atoms with Crippen LogP contribution in [0.15, 0.2) is 24.5 Å². The molecule has 0 spiro atoms. The van der Waals surface area contributed by atoms with E-state index in [1.54, 1.807) is 0 Å². The van der Waals surface area contributed by atoms with Crippen LogP contribution in [0.1, 0.15) is 50.0 Å². The van der Waals surface area contributed by atoms with Crippen LogP contribution < -0.4 is 4.74 Å². The zero-order chi connectivity index (χ0) is 21.0. The van der Waals surface area contributed by atoms with Crippen LogP contribution in [0.2, 0.25) is 0 Å². The lowest BCUT2D eigenvalue weighted by atomic mass is 10.0. The topological polar surface area (TPSA) is 52.8 Å². The highest BCUT2D eigenvalue weighted by Gasteiger charge is 2.44. The average Bonchev–Trinajstić information content (AvgIpc) is 3.65. The first-order valence-corrected chi connectivity index (χ1v) is 10.4. The van der Waals surface area contributed by atoms with Gasteiger partial charge in [-0.3, -0.25) is 0 Å². The van der Waals surface area contributed by atoms with Crippen molar-refractivity contribution in [3.05, 3.63) is 35.9 Å². The minimum atomic E-state index is -4.54. The number of fused-ring (bicyclic) bond motifs is 1. The smallest absolute Gasteiger partial charge is 0.417 e. The maximum Gasteiger partial charge on any atom is 0.417 e. The molecule has 2 heterocycles. The summed E-state index contributed by atoms with van der Waals surface area (Å²) in [6.07, 6.45) is 2.29. The third-order valence-corrected chi connectivity index (χ3v) is 6.16. The number of aryl methyl sites for hydroxylation is 1. The minimum absolute atomic E-state index is 0.00241. The Morgan fingerprint density at radius 3 is 2.40 bits per heavy atom. The molecule has 0 atom stereocenters. The summed E-state index contributed by atoms with van der Waals surface area (Å²) in [4.78, 5) is 13.5. The fourth-order valence-corrected chi connectivity index (χ4v) is 4.49. The van der Waals surface area contributed by atoms with Gasteiger partial charge in [-0.25, -0.2) is 15.0 Å². The highest BCUT2D eigenvalue weighted by atomic mass is 19.4. The number of imidazole rings is 1. The van der Waals surface area contributed by atoms with E-state index >= 15 is 0 Å².